The van der Waals surface area contributed by atoms with Crippen LogP contribution in [0.1, 0.15) is 45.1 Å². The molecule has 146 valence electrons. The number of piperidine rings is 3. The lowest BCUT2D eigenvalue weighted by Crippen LogP contribution is -2.67. The molecule has 3 fully saturated rings. The summed E-state index contributed by atoms with van der Waals surface area (Å²) >= 11 is 0. The molecule has 1 aromatic heterocycles. The lowest BCUT2D eigenvalue weighted by atomic mass is 9.72. The molecule has 4 atom stereocenters. The maximum atomic E-state index is 12.7. The first-order valence-corrected chi connectivity index (χ1v) is 10.2. The number of hydrogen-bond acceptors (Lipinski definition) is 5. The second-order valence-corrected chi connectivity index (χ2v) is 8.17. The van der Waals surface area contributed by atoms with Crippen molar-refractivity contribution >= 4 is 17.8 Å². The molecule has 7 heteroatoms. The van der Waals surface area contributed by atoms with Crippen molar-refractivity contribution < 1.29 is 9.59 Å². The van der Waals surface area contributed by atoms with Crippen LogP contribution in [0.3, 0.4) is 0 Å². The Kier molecular flexibility index (Phi) is 5.02. The highest BCUT2D eigenvalue weighted by Gasteiger charge is 2.49. The summed E-state index contributed by atoms with van der Waals surface area (Å²) in [6.07, 6.45) is 8.54. The van der Waals surface area contributed by atoms with E-state index in [1.807, 2.05) is 12.4 Å². The van der Waals surface area contributed by atoms with Gasteiger partial charge >= 0.3 is 0 Å². The molecular weight excluding hydrogens is 342 g/mol. The molecule has 7 nitrogen and oxygen atoms in total. The highest BCUT2D eigenvalue weighted by Crippen LogP contribution is 2.42. The van der Waals surface area contributed by atoms with Crippen LogP contribution in [0.4, 0.5) is 5.95 Å². The molecule has 2 bridgehead atoms. The van der Waals surface area contributed by atoms with E-state index in [0.29, 0.717) is 24.8 Å². The number of anilines is 1. The molecule has 0 unspecified atom stereocenters. The topological polar surface area (TPSA) is 78.4 Å². The number of carbonyl (C=O) groups is 2. The number of aromatic nitrogens is 2. The van der Waals surface area contributed by atoms with Gasteiger partial charge in [0.25, 0.3) is 0 Å². The van der Waals surface area contributed by atoms with E-state index in [1.54, 1.807) is 0 Å². The lowest BCUT2D eigenvalue weighted by molar-refractivity contribution is -0.149. The molecule has 0 aromatic carbocycles. The second-order valence-electron chi connectivity index (χ2n) is 8.17. The van der Waals surface area contributed by atoms with E-state index >= 15 is 0 Å². The van der Waals surface area contributed by atoms with E-state index in [0.717, 1.165) is 50.3 Å². The van der Waals surface area contributed by atoms with Gasteiger partial charge in [0.15, 0.2) is 0 Å². The number of carbonyl (C=O) groups excluding carboxylic acids is 2. The van der Waals surface area contributed by atoms with Crippen molar-refractivity contribution in [3.8, 4) is 0 Å². The number of hydrogen-bond donors (Lipinski definition) is 1. The van der Waals surface area contributed by atoms with E-state index < -0.39 is 0 Å². The first kappa shape index (κ1) is 18.2. The monoisotopic (exact) mass is 371 g/mol. The Morgan fingerprint density at radius 2 is 2.00 bits per heavy atom. The summed E-state index contributed by atoms with van der Waals surface area (Å²) in [6, 6.07) is 0.347. The van der Waals surface area contributed by atoms with Crippen LogP contribution in [-0.4, -0.2) is 58.4 Å². The zero-order valence-corrected chi connectivity index (χ0v) is 16.2. The van der Waals surface area contributed by atoms with Crippen molar-refractivity contribution in [2.24, 2.45) is 11.8 Å². The van der Waals surface area contributed by atoms with Gasteiger partial charge in [-0.25, -0.2) is 9.97 Å². The Bertz CT molecular complexity index is 707. The molecule has 4 heterocycles. The van der Waals surface area contributed by atoms with Gasteiger partial charge in [0, 0.05) is 51.4 Å². The van der Waals surface area contributed by atoms with Gasteiger partial charge < -0.3 is 15.1 Å². The molecule has 2 amide bonds. The molecule has 0 radical (unpaired) electrons. The number of aryl methyl sites for hydroxylation is 1. The molecule has 0 aliphatic carbocycles. The van der Waals surface area contributed by atoms with E-state index in [2.05, 4.69) is 32.0 Å². The van der Waals surface area contributed by atoms with Crippen LogP contribution in [0.5, 0.6) is 0 Å². The Morgan fingerprint density at radius 1 is 1.26 bits per heavy atom. The summed E-state index contributed by atoms with van der Waals surface area (Å²) in [6.45, 7) is 5.92. The van der Waals surface area contributed by atoms with Crippen molar-refractivity contribution in [3.05, 3.63) is 18.0 Å². The van der Waals surface area contributed by atoms with Gasteiger partial charge in [0.05, 0.1) is 6.04 Å². The summed E-state index contributed by atoms with van der Waals surface area (Å²) in [5, 5.41) is 2.96. The standard InChI is InChI=1S/C20H29N5O2/c1-3-14-8-22-20(23-9-14)24-11-15-7-16(12-24)18(10-21-13(2)26)25-17(15)5-4-6-19(25)27/h8-9,15-18H,3-7,10-12H2,1-2H3,(H,21,26)/t15-,16+,17+,18+/m1/s1. The van der Waals surface area contributed by atoms with E-state index in [9.17, 15) is 9.59 Å². The summed E-state index contributed by atoms with van der Waals surface area (Å²) in [4.78, 5) is 37.8. The smallest absolute Gasteiger partial charge is 0.225 e. The van der Waals surface area contributed by atoms with Crippen LogP contribution in [0, 0.1) is 11.8 Å². The molecular formula is C20H29N5O2. The van der Waals surface area contributed by atoms with E-state index in [1.165, 1.54) is 6.92 Å². The first-order chi connectivity index (χ1) is 13.1. The number of nitrogens with zero attached hydrogens (tertiary/aromatic N) is 4. The molecule has 0 spiro atoms. The SMILES string of the molecule is CCc1cnc(N2C[C@H]3C[C@@H](C2)[C@H](CNC(C)=O)N2C(=O)CCC[C@@H]32)nc1. The molecule has 4 rings (SSSR count). The van der Waals surface area contributed by atoms with Gasteiger partial charge in [-0.1, -0.05) is 6.92 Å². The predicted molar refractivity (Wildman–Crippen MR) is 102 cm³/mol. The van der Waals surface area contributed by atoms with Crippen LogP contribution in [0.15, 0.2) is 12.4 Å². The zero-order chi connectivity index (χ0) is 19.0. The average Bonchev–Trinajstić information content (AvgIpc) is 2.68. The Balaban J connectivity index is 1.58. The van der Waals surface area contributed by atoms with Crippen molar-refractivity contribution in [2.45, 2.75) is 58.0 Å². The highest BCUT2D eigenvalue weighted by molar-refractivity contribution is 5.78. The van der Waals surface area contributed by atoms with E-state index in [-0.39, 0.29) is 23.9 Å². The van der Waals surface area contributed by atoms with Gasteiger partial charge in [0.2, 0.25) is 17.8 Å². The predicted octanol–water partition coefficient (Wildman–Crippen LogP) is 1.38. The molecule has 3 aliphatic rings. The van der Waals surface area contributed by atoms with Crippen molar-refractivity contribution in [1.82, 2.24) is 20.2 Å². The van der Waals surface area contributed by atoms with Gasteiger partial charge in [-0.05, 0) is 43.1 Å². The number of rotatable bonds is 4. The maximum absolute atomic E-state index is 12.7. The molecule has 3 saturated heterocycles. The van der Waals surface area contributed by atoms with Crippen LogP contribution in [0.2, 0.25) is 0 Å². The van der Waals surface area contributed by atoms with E-state index in [4.69, 9.17) is 0 Å². The van der Waals surface area contributed by atoms with Crippen molar-refractivity contribution in [1.29, 1.82) is 0 Å². The maximum Gasteiger partial charge on any atom is 0.225 e. The van der Waals surface area contributed by atoms with Crippen molar-refractivity contribution in [3.63, 3.8) is 0 Å². The Morgan fingerprint density at radius 3 is 2.70 bits per heavy atom. The number of nitrogens with one attached hydrogen (secondary N) is 1. The molecule has 1 N–H and O–H groups in total. The van der Waals surface area contributed by atoms with Crippen molar-refractivity contribution in [2.75, 3.05) is 24.5 Å². The lowest BCUT2D eigenvalue weighted by Gasteiger charge is -2.56. The fraction of sp³-hybridized carbons (Fsp3) is 0.700. The minimum Gasteiger partial charge on any atom is -0.354 e. The largest absolute Gasteiger partial charge is 0.354 e. The number of fused-ring (bicyclic) bond motifs is 4. The minimum absolute atomic E-state index is 0.0377. The molecule has 0 saturated carbocycles. The van der Waals surface area contributed by atoms with Crippen LogP contribution >= 0.6 is 0 Å². The summed E-state index contributed by atoms with van der Waals surface area (Å²) < 4.78 is 0. The zero-order valence-electron chi connectivity index (χ0n) is 16.2. The molecule has 3 aliphatic heterocycles. The first-order valence-electron chi connectivity index (χ1n) is 10.2. The Hall–Kier alpha value is -2.18. The third-order valence-electron chi connectivity index (χ3n) is 6.44. The van der Waals surface area contributed by atoms with Crippen LogP contribution < -0.4 is 10.2 Å². The third-order valence-corrected chi connectivity index (χ3v) is 6.44. The normalized spacial score (nSPS) is 30.1. The quantitative estimate of drug-likeness (QED) is 0.865. The van der Waals surface area contributed by atoms with Crippen LogP contribution in [-0.2, 0) is 16.0 Å². The Labute approximate surface area is 160 Å². The summed E-state index contributed by atoms with van der Waals surface area (Å²) in [7, 11) is 0. The fourth-order valence-electron chi connectivity index (χ4n) is 5.14. The fourth-order valence-corrected chi connectivity index (χ4v) is 5.14. The number of amides is 2. The average molecular weight is 371 g/mol. The minimum atomic E-state index is -0.0377. The van der Waals surface area contributed by atoms with Crippen LogP contribution in [0.25, 0.3) is 0 Å². The molecule has 1 aromatic rings. The van der Waals surface area contributed by atoms with Gasteiger partial charge in [-0.3, -0.25) is 9.59 Å². The summed E-state index contributed by atoms with van der Waals surface area (Å²) in [5.74, 6) is 1.80. The second kappa shape index (κ2) is 7.44. The molecule has 27 heavy (non-hydrogen) atoms. The third kappa shape index (κ3) is 3.51. The van der Waals surface area contributed by atoms with Gasteiger partial charge in [0.1, 0.15) is 0 Å². The van der Waals surface area contributed by atoms with Gasteiger partial charge in [-0.2, -0.15) is 0 Å². The van der Waals surface area contributed by atoms with Gasteiger partial charge in [-0.15, -0.1) is 0 Å². The highest BCUT2D eigenvalue weighted by atomic mass is 16.2. The summed E-state index contributed by atoms with van der Waals surface area (Å²) in [5.41, 5.74) is 1.14.